The van der Waals surface area contributed by atoms with Crippen molar-refractivity contribution in [3.63, 3.8) is 0 Å². The summed E-state index contributed by atoms with van der Waals surface area (Å²) in [6.45, 7) is 6.22. The second-order valence-electron chi connectivity index (χ2n) is 3.30. The SMILES string of the molecule is CC1=CSC2N=C(C)N=C(C)C12. The number of amidine groups is 1. The molecule has 2 rings (SSSR count). The minimum Gasteiger partial charge on any atom is -0.255 e. The predicted octanol–water partition coefficient (Wildman–Crippen LogP) is 2.47. The number of hydrogen-bond acceptors (Lipinski definition) is 3. The number of thioether (sulfide) groups is 1. The van der Waals surface area contributed by atoms with E-state index in [1.54, 1.807) is 0 Å². The first-order chi connectivity index (χ1) is 5.68. The fraction of sp³-hybridized carbons (Fsp3) is 0.556. The van der Waals surface area contributed by atoms with Crippen LogP contribution in [0.3, 0.4) is 0 Å². The van der Waals surface area contributed by atoms with Crippen molar-refractivity contribution in [3.05, 3.63) is 11.0 Å². The van der Waals surface area contributed by atoms with Crippen LogP contribution in [0.25, 0.3) is 0 Å². The van der Waals surface area contributed by atoms with Crippen LogP contribution in [-0.4, -0.2) is 16.9 Å². The van der Waals surface area contributed by atoms with Gasteiger partial charge >= 0.3 is 0 Å². The molecule has 0 amide bonds. The highest BCUT2D eigenvalue weighted by Gasteiger charge is 2.32. The Bertz CT molecular complexity index is 302. The van der Waals surface area contributed by atoms with Crippen molar-refractivity contribution in [2.75, 3.05) is 0 Å². The third-order valence-electron chi connectivity index (χ3n) is 2.27. The summed E-state index contributed by atoms with van der Waals surface area (Å²) in [5, 5.41) is 2.58. The summed E-state index contributed by atoms with van der Waals surface area (Å²) >= 11 is 1.81. The predicted molar refractivity (Wildman–Crippen MR) is 54.8 cm³/mol. The average molecular weight is 180 g/mol. The van der Waals surface area contributed by atoms with Gasteiger partial charge in [-0.2, -0.15) is 0 Å². The first kappa shape index (κ1) is 8.05. The number of fused-ring (bicyclic) bond motifs is 1. The van der Waals surface area contributed by atoms with E-state index in [0.717, 1.165) is 5.84 Å². The zero-order chi connectivity index (χ0) is 8.72. The molecule has 64 valence electrons. The number of rotatable bonds is 0. The Morgan fingerprint density at radius 2 is 2.08 bits per heavy atom. The topological polar surface area (TPSA) is 24.7 Å². The van der Waals surface area contributed by atoms with Gasteiger partial charge in [-0.15, -0.1) is 11.8 Å². The highest BCUT2D eigenvalue weighted by molar-refractivity contribution is 8.03. The Kier molecular flexibility index (Phi) is 1.83. The molecule has 2 heterocycles. The minimum absolute atomic E-state index is 0.377. The second kappa shape index (κ2) is 2.73. The molecular weight excluding hydrogens is 168 g/mol. The Labute approximate surface area is 76.9 Å². The van der Waals surface area contributed by atoms with Crippen molar-refractivity contribution < 1.29 is 0 Å². The highest BCUT2D eigenvalue weighted by Crippen LogP contribution is 2.38. The van der Waals surface area contributed by atoms with Gasteiger partial charge in [-0.25, -0.2) is 4.99 Å². The first-order valence-corrected chi connectivity index (χ1v) is 5.04. The standard InChI is InChI=1S/C9H12N2S/c1-5-4-12-9-8(5)6(2)10-7(3)11-9/h4,8-9H,1-3H3. The van der Waals surface area contributed by atoms with Crippen molar-refractivity contribution in [1.82, 2.24) is 0 Å². The fourth-order valence-electron chi connectivity index (χ4n) is 1.73. The van der Waals surface area contributed by atoms with Gasteiger partial charge in [-0.05, 0) is 26.2 Å². The lowest BCUT2D eigenvalue weighted by Gasteiger charge is -2.21. The first-order valence-electron chi connectivity index (χ1n) is 4.10. The molecule has 3 heteroatoms. The van der Waals surface area contributed by atoms with Crippen LogP contribution in [0.2, 0.25) is 0 Å². The molecule has 0 saturated heterocycles. The highest BCUT2D eigenvalue weighted by atomic mass is 32.2. The maximum atomic E-state index is 4.49. The normalized spacial score (nSPS) is 33.8. The Morgan fingerprint density at radius 3 is 2.83 bits per heavy atom. The van der Waals surface area contributed by atoms with Crippen molar-refractivity contribution in [2.45, 2.75) is 26.1 Å². The maximum Gasteiger partial charge on any atom is 0.121 e. The van der Waals surface area contributed by atoms with Gasteiger partial charge in [0.25, 0.3) is 0 Å². The summed E-state index contributed by atoms with van der Waals surface area (Å²) in [5.74, 6) is 1.39. The third-order valence-corrected chi connectivity index (χ3v) is 3.44. The minimum atomic E-state index is 0.377. The summed E-state index contributed by atoms with van der Waals surface area (Å²) in [4.78, 5) is 8.87. The molecule has 0 N–H and O–H groups in total. The molecule has 2 unspecified atom stereocenters. The third kappa shape index (κ3) is 1.12. The van der Waals surface area contributed by atoms with Crippen LogP contribution in [0.5, 0.6) is 0 Å². The Balaban J connectivity index is 2.35. The van der Waals surface area contributed by atoms with Crippen LogP contribution in [0.15, 0.2) is 21.0 Å². The molecule has 0 aromatic heterocycles. The van der Waals surface area contributed by atoms with Gasteiger partial charge < -0.3 is 0 Å². The van der Waals surface area contributed by atoms with E-state index in [0.29, 0.717) is 11.3 Å². The van der Waals surface area contributed by atoms with Crippen LogP contribution >= 0.6 is 11.8 Å². The molecule has 2 atom stereocenters. The molecule has 0 aliphatic carbocycles. The van der Waals surface area contributed by atoms with E-state index in [-0.39, 0.29) is 0 Å². The van der Waals surface area contributed by atoms with E-state index in [4.69, 9.17) is 0 Å². The summed E-state index contributed by atoms with van der Waals surface area (Å²) in [7, 11) is 0. The summed E-state index contributed by atoms with van der Waals surface area (Å²) in [6, 6.07) is 0. The molecule has 0 fully saturated rings. The van der Waals surface area contributed by atoms with Crippen LogP contribution in [0, 0.1) is 5.92 Å². The molecule has 0 radical (unpaired) electrons. The fourth-order valence-corrected chi connectivity index (χ4v) is 3.02. The molecule has 12 heavy (non-hydrogen) atoms. The lowest BCUT2D eigenvalue weighted by atomic mass is 9.96. The molecule has 0 saturated carbocycles. The number of aliphatic imine (C=N–C) groups is 2. The van der Waals surface area contributed by atoms with Crippen LogP contribution in [0.1, 0.15) is 20.8 Å². The molecule has 0 aromatic rings. The molecule has 2 aliphatic rings. The van der Waals surface area contributed by atoms with Gasteiger partial charge in [-0.1, -0.05) is 5.57 Å². The number of hydrogen-bond donors (Lipinski definition) is 0. The molecular formula is C9H12N2S. The van der Waals surface area contributed by atoms with E-state index >= 15 is 0 Å². The summed E-state index contributed by atoms with van der Waals surface area (Å²) in [6.07, 6.45) is 0. The number of nitrogens with zero attached hydrogens (tertiary/aromatic N) is 2. The van der Waals surface area contributed by atoms with Crippen molar-refractivity contribution in [1.29, 1.82) is 0 Å². The Hall–Kier alpha value is -0.570. The van der Waals surface area contributed by atoms with E-state index < -0.39 is 0 Å². The molecule has 0 spiro atoms. The molecule has 0 bridgehead atoms. The monoisotopic (exact) mass is 180 g/mol. The van der Waals surface area contributed by atoms with Gasteiger partial charge in [0.2, 0.25) is 0 Å². The van der Waals surface area contributed by atoms with E-state index in [1.165, 1.54) is 11.3 Å². The quantitative estimate of drug-likeness (QED) is 0.562. The zero-order valence-electron chi connectivity index (χ0n) is 7.53. The van der Waals surface area contributed by atoms with Gasteiger partial charge in [0.1, 0.15) is 11.2 Å². The van der Waals surface area contributed by atoms with Crippen LogP contribution < -0.4 is 0 Å². The van der Waals surface area contributed by atoms with Crippen molar-refractivity contribution >= 4 is 23.3 Å². The van der Waals surface area contributed by atoms with E-state index in [1.807, 2.05) is 18.7 Å². The second-order valence-corrected chi connectivity index (χ2v) is 4.29. The molecule has 0 aromatic carbocycles. The van der Waals surface area contributed by atoms with Gasteiger partial charge in [0, 0.05) is 5.71 Å². The lowest BCUT2D eigenvalue weighted by molar-refractivity contribution is 0.761. The van der Waals surface area contributed by atoms with E-state index in [2.05, 4.69) is 29.2 Å². The van der Waals surface area contributed by atoms with Crippen molar-refractivity contribution in [3.8, 4) is 0 Å². The van der Waals surface area contributed by atoms with Crippen molar-refractivity contribution in [2.24, 2.45) is 15.9 Å². The largest absolute Gasteiger partial charge is 0.255 e. The lowest BCUT2D eigenvalue weighted by Crippen LogP contribution is -2.25. The van der Waals surface area contributed by atoms with E-state index in [9.17, 15) is 0 Å². The van der Waals surface area contributed by atoms with Gasteiger partial charge in [0.15, 0.2) is 0 Å². The smallest absolute Gasteiger partial charge is 0.121 e. The average Bonchev–Trinajstić information content (AvgIpc) is 2.31. The summed E-state index contributed by atoms with van der Waals surface area (Å²) in [5.41, 5.74) is 2.62. The maximum absolute atomic E-state index is 4.49. The molecule has 2 aliphatic heterocycles. The van der Waals surface area contributed by atoms with Crippen LogP contribution in [0.4, 0.5) is 0 Å². The zero-order valence-corrected chi connectivity index (χ0v) is 8.35. The van der Waals surface area contributed by atoms with Gasteiger partial charge in [0.05, 0.1) is 5.92 Å². The molecule has 2 nitrogen and oxygen atoms in total. The van der Waals surface area contributed by atoms with Gasteiger partial charge in [-0.3, -0.25) is 4.99 Å². The summed E-state index contributed by atoms with van der Waals surface area (Å²) < 4.78 is 0. The Morgan fingerprint density at radius 1 is 1.33 bits per heavy atom. The van der Waals surface area contributed by atoms with Crippen LogP contribution in [-0.2, 0) is 0 Å².